The number of halogens is 1. The van der Waals surface area contributed by atoms with Gasteiger partial charge >= 0.3 is 4.87 Å². The van der Waals surface area contributed by atoms with Gasteiger partial charge < -0.3 is 5.32 Å². The van der Waals surface area contributed by atoms with Crippen LogP contribution in [-0.2, 0) is 6.54 Å². The van der Waals surface area contributed by atoms with Crippen molar-refractivity contribution < 1.29 is 9.18 Å². The van der Waals surface area contributed by atoms with E-state index in [0.29, 0.717) is 10.6 Å². The summed E-state index contributed by atoms with van der Waals surface area (Å²) in [5.41, 5.74) is 1.34. The summed E-state index contributed by atoms with van der Waals surface area (Å²) in [5.74, 6) is -0.691. The van der Waals surface area contributed by atoms with Crippen LogP contribution in [0.5, 0.6) is 0 Å². The van der Waals surface area contributed by atoms with Gasteiger partial charge in [-0.05, 0) is 24.6 Å². The van der Waals surface area contributed by atoms with Crippen molar-refractivity contribution in [1.82, 2.24) is 9.88 Å². The van der Waals surface area contributed by atoms with Gasteiger partial charge in [0.25, 0.3) is 5.91 Å². The molecule has 0 aliphatic carbocycles. The zero-order valence-electron chi connectivity index (χ0n) is 11.9. The van der Waals surface area contributed by atoms with Gasteiger partial charge in [0.05, 0.1) is 19.0 Å². The van der Waals surface area contributed by atoms with E-state index in [2.05, 4.69) is 5.32 Å². The minimum Gasteiger partial charge on any atom is -0.350 e. The molecule has 2 aromatic rings. The molecule has 0 saturated heterocycles. The lowest BCUT2D eigenvalue weighted by atomic mass is 10.2. The molecule has 0 bridgehead atoms. The molecule has 0 aliphatic heterocycles. The van der Waals surface area contributed by atoms with Crippen molar-refractivity contribution in [2.24, 2.45) is 0 Å². The molecule has 0 spiro atoms. The maximum Gasteiger partial charge on any atom is 0.308 e. The van der Waals surface area contributed by atoms with Crippen LogP contribution in [0.2, 0.25) is 0 Å². The predicted molar refractivity (Wildman–Crippen MR) is 81.4 cm³/mol. The number of carbonyl (C=O) groups excluding carboxylic acids is 1. The molecule has 7 heteroatoms. The molecule has 114 valence electrons. The Morgan fingerprint density at radius 3 is 2.73 bits per heavy atom. The van der Waals surface area contributed by atoms with Gasteiger partial charge in [0.2, 0.25) is 0 Å². The number of aromatic nitrogens is 1. The highest BCUT2D eigenvalue weighted by Crippen LogP contribution is 2.14. The molecule has 0 radical (unpaired) electrons. The van der Waals surface area contributed by atoms with Gasteiger partial charge in [-0.3, -0.25) is 14.2 Å². The van der Waals surface area contributed by atoms with Crippen LogP contribution in [0.1, 0.15) is 27.3 Å². The third-order valence-electron chi connectivity index (χ3n) is 3.13. The van der Waals surface area contributed by atoms with Gasteiger partial charge in [0.15, 0.2) is 0 Å². The number of carbonyl (C=O) groups is 1. The number of nitrogens with one attached hydrogen (secondary N) is 1. The summed E-state index contributed by atoms with van der Waals surface area (Å²) in [4.78, 5) is 24.1. The predicted octanol–water partition coefficient (Wildman–Crippen LogP) is 2.05. The fourth-order valence-electron chi connectivity index (χ4n) is 1.95. The Balaban J connectivity index is 2.20. The van der Waals surface area contributed by atoms with E-state index >= 15 is 0 Å². The number of benzene rings is 1. The number of nitriles is 1. The summed E-state index contributed by atoms with van der Waals surface area (Å²) in [7, 11) is 0. The average Bonchev–Trinajstić information content (AvgIpc) is 2.78. The van der Waals surface area contributed by atoms with Crippen molar-refractivity contribution in [3.8, 4) is 6.07 Å². The van der Waals surface area contributed by atoms with E-state index in [0.717, 1.165) is 16.9 Å². The van der Waals surface area contributed by atoms with Crippen LogP contribution < -0.4 is 10.2 Å². The standard InChI is InChI=1S/C15H14FN3O2S/c1-10-13(14(20)18-8-2-7-17)22-15(21)19(10)9-11-3-5-12(16)6-4-11/h3-6H,2,8-9H2,1H3,(H,18,20). The number of nitrogens with zero attached hydrogens (tertiary/aromatic N) is 2. The van der Waals surface area contributed by atoms with E-state index in [1.807, 2.05) is 6.07 Å². The molecule has 1 amide bonds. The highest BCUT2D eigenvalue weighted by molar-refractivity contribution is 7.11. The molecule has 0 unspecified atom stereocenters. The number of rotatable bonds is 5. The molecule has 1 aromatic carbocycles. The van der Waals surface area contributed by atoms with E-state index in [4.69, 9.17) is 5.26 Å². The van der Waals surface area contributed by atoms with E-state index < -0.39 is 0 Å². The van der Waals surface area contributed by atoms with Gasteiger partial charge in [-0.2, -0.15) is 5.26 Å². The minimum absolute atomic E-state index is 0.218. The van der Waals surface area contributed by atoms with Crippen molar-refractivity contribution in [2.45, 2.75) is 19.9 Å². The average molecular weight is 319 g/mol. The molecule has 1 N–H and O–H groups in total. The zero-order valence-corrected chi connectivity index (χ0v) is 12.7. The fraction of sp³-hybridized carbons (Fsp3) is 0.267. The topological polar surface area (TPSA) is 74.9 Å². The van der Waals surface area contributed by atoms with E-state index in [1.54, 1.807) is 19.1 Å². The summed E-state index contributed by atoms with van der Waals surface area (Å²) in [6, 6.07) is 7.80. The molecule has 1 heterocycles. The normalized spacial score (nSPS) is 10.2. The summed E-state index contributed by atoms with van der Waals surface area (Å²) < 4.78 is 14.4. The monoisotopic (exact) mass is 319 g/mol. The highest BCUT2D eigenvalue weighted by Gasteiger charge is 2.17. The third kappa shape index (κ3) is 3.59. The van der Waals surface area contributed by atoms with Crippen molar-refractivity contribution >= 4 is 17.2 Å². The molecule has 22 heavy (non-hydrogen) atoms. The first-order chi connectivity index (χ1) is 10.5. The molecule has 0 aliphatic rings. The van der Waals surface area contributed by atoms with Crippen LogP contribution in [0.4, 0.5) is 4.39 Å². The van der Waals surface area contributed by atoms with Crippen molar-refractivity contribution in [3.63, 3.8) is 0 Å². The van der Waals surface area contributed by atoms with Crippen LogP contribution in [-0.4, -0.2) is 17.0 Å². The summed E-state index contributed by atoms with van der Waals surface area (Å²) in [6.07, 6.45) is 0.218. The molecule has 5 nitrogen and oxygen atoms in total. The first kappa shape index (κ1) is 15.9. The smallest absolute Gasteiger partial charge is 0.308 e. The maximum absolute atomic E-state index is 12.9. The van der Waals surface area contributed by atoms with Crippen LogP contribution in [0, 0.1) is 24.1 Å². The van der Waals surface area contributed by atoms with Crippen molar-refractivity contribution in [2.75, 3.05) is 6.54 Å². The lowest BCUT2D eigenvalue weighted by Crippen LogP contribution is -2.24. The minimum atomic E-state index is -0.354. The van der Waals surface area contributed by atoms with Crippen molar-refractivity contribution in [1.29, 1.82) is 5.26 Å². The second kappa shape index (κ2) is 7.00. The summed E-state index contributed by atoms with van der Waals surface area (Å²) in [6.45, 7) is 2.23. The Morgan fingerprint density at radius 2 is 2.09 bits per heavy atom. The highest BCUT2D eigenvalue weighted by atomic mass is 32.1. The van der Waals surface area contributed by atoms with Crippen molar-refractivity contribution in [3.05, 3.63) is 55.9 Å². The van der Waals surface area contributed by atoms with Gasteiger partial charge in [0, 0.05) is 12.2 Å². The van der Waals surface area contributed by atoms with Gasteiger partial charge in [-0.15, -0.1) is 0 Å². The summed E-state index contributed by atoms with van der Waals surface area (Å²) >= 11 is 0.868. The van der Waals surface area contributed by atoms with Crippen LogP contribution in [0.25, 0.3) is 0 Å². The SMILES string of the molecule is Cc1c(C(=O)NCCC#N)sc(=O)n1Cc1ccc(F)cc1. The molecule has 2 rings (SSSR count). The quantitative estimate of drug-likeness (QED) is 0.857. The number of thiazole rings is 1. The number of hydrogen-bond donors (Lipinski definition) is 1. The van der Waals surface area contributed by atoms with E-state index in [9.17, 15) is 14.0 Å². The van der Waals surface area contributed by atoms with Crippen LogP contribution in [0.15, 0.2) is 29.1 Å². The largest absolute Gasteiger partial charge is 0.350 e. The number of amides is 1. The van der Waals surface area contributed by atoms with Crippen LogP contribution in [0.3, 0.4) is 0 Å². The van der Waals surface area contributed by atoms with Crippen LogP contribution >= 0.6 is 11.3 Å². The first-order valence-corrected chi connectivity index (χ1v) is 7.44. The molecule has 0 atom stereocenters. The molecular weight excluding hydrogens is 305 g/mol. The molecule has 0 fully saturated rings. The van der Waals surface area contributed by atoms with E-state index in [1.165, 1.54) is 16.7 Å². The third-order valence-corrected chi connectivity index (χ3v) is 4.21. The Bertz CT molecular complexity index is 772. The van der Waals surface area contributed by atoms with Gasteiger partial charge in [0.1, 0.15) is 10.7 Å². The second-order valence-electron chi connectivity index (χ2n) is 4.66. The lowest BCUT2D eigenvalue weighted by molar-refractivity contribution is 0.0957. The Kier molecular flexibility index (Phi) is 5.07. The number of hydrogen-bond acceptors (Lipinski definition) is 4. The summed E-state index contributed by atoms with van der Waals surface area (Å²) in [5, 5.41) is 11.1. The van der Waals surface area contributed by atoms with Gasteiger partial charge in [-0.25, -0.2) is 4.39 Å². The Labute approximate surface area is 130 Å². The second-order valence-corrected chi connectivity index (χ2v) is 5.62. The Morgan fingerprint density at radius 1 is 1.41 bits per heavy atom. The maximum atomic E-state index is 12.9. The Hall–Kier alpha value is -2.46. The van der Waals surface area contributed by atoms with Gasteiger partial charge in [-0.1, -0.05) is 23.5 Å². The van der Waals surface area contributed by atoms with E-state index in [-0.39, 0.29) is 36.1 Å². The zero-order chi connectivity index (χ0) is 16.1. The molecular formula is C15H14FN3O2S. The lowest BCUT2D eigenvalue weighted by Gasteiger charge is -2.06. The first-order valence-electron chi connectivity index (χ1n) is 6.62. The fourth-order valence-corrected chi connectivity index (χ4v) is 2.86. The molecule has 0 saturated carbocycles. The molecule has 1 aromatic heterocycles.